The Bertz CT molecular complexity index is 1220. The number of anilines is 2. The molecule has 1 fully saturated rings. The van der Waals surface area contributed by atoms with Gasteiger partial charge in [0.05, 0.1) is 22.9 Å². The molecule has 0 radical (unpaired) electrons. The predicted molar refractivity (Wildman–Crippen MR) is 125 cm³/mol. The van der Waals surface area contributed by atoms with Crippen molar-refractivity contribution in [3.63, 3.8) is 0 Å². The van der Waals surface area contributed by atoms with Crippen molar-refractivity contribution >= 4 is 29.0 Å². The lowest BCUT2D eigenvalue weighted by Crippen LogP contribution is -2.29. The summed E-state index contributed by atoms with van der Waals surface area (Å²) in [6.07, 6.45) is 2.42. The molecular formula is C24H22ClN5O2. The van der Waals surface area contributed by atoms with Crippen LogP contribution in [0.25, 0.3) is 22.4 Å². The van der Waals surface area contributed by atoms with Crippen LogP contribution in [0.1, 0.15) is 18.4 Å². The van der Waals surface area contributed by atoms with Crippen LogP contribution in [0.3, 0.4) is 0 Å². The first-order valence-corrected chi connectivity index (χ1v) is 10.6. The largest absolute Gasteiger partial charge is 0.507 e. The van der Waals surface area contributed by atoms with E-state index < -0.39 is 0 Å². The number of phenolic OH excluding ortho intramolecular Hbond substituents is 1. The third-order valence-electron chi connectivity index (χ3n) is 5.31. The Morgan fingerprint density at radius 2 is 2.00 bits per heavy atom. The first-order valence-electron chi connectivity index (χ1n) is 10.3. The normalized spacial score (nSPS) is 12.9. The highest BCUT2D eigenvalue weighted by molar-refractivity contribution is 6.33. The Kier molecular flexibility index (Phi) is 6.26. The van der Waals surface area contributed by atoms with Gasteiger partial charge in [-0.1, -0.05) is 29.8 Å². The molecule has 0 unspecified atom stereocenters. The number of hydrogen-bond donors (Lipinski definition) is 4. The molecule has 5 N–H and O–H groups in total. The second-order valence-corrected chi connectivity index (χ2v) is 8.17. The summed E-state index contributed by atoms with van der Waals surface area (Å²) in [5.41, 5.74) is 8.80. The summed E-state index contributed by atoms with van der Waals surface area (Å²) in [4.78, 5) is 16.6. The lowest BCUT2D eigenvalue weighted by molar-refractivity contribution is -0.115. The van der Waals surface area contributed by atoms with Crippen LogP contribution in [0, 0.1) is 17.2 Å². The molecule has 1 saturated carbocycles. The summed E-state index contributed by atoms with van der Waals surface area (Å²) in [5, 5.41) is 26.2. The van der Waals surface area contributed by atoms with E-state index in [9.17, 15) is 15.2 Å². The van der Waals surface area contributed by atoms with Crippen LogP contribution in [0.2, 0.25) is 5.02 Å². The van der Waals surface area contributed by atoms with E-state index in [1.807, 2.05) is 0 Å². The average Bonchev–Trinajstić information content (AvgIpc) is 3.59. The molecule has 1 amide bonds. The number of carbonyl (C=O) groups is 1. The standard InChI is InChI=1S/C24H22ClN5O2/c25-19-8-7-15(9-21(19)29-23(32)13-28-12-14-5-6-14)17-10-20(30-24(27)18(17)11-26)16-3-1-2-4-22(16)31/h1-4,7-10,14,28,31H,5-6,12-13H2,(H2,27,30)(H,29,32). The molecule has 4 rings (SSSR count). The number of nitriles is 1. The molecule has 0 saturated heterocycles. The van der Waals surface area contributed by atoms with Gasteiger partial charge in [-0.25, -0.2) is 4.98 Å². The third-order valence-corrected chi connectivity index (χ3v) is 5.64. The van der Waals surface area contributed by atoms with E-state index in [1.54, 1.807) is 48.5 Å². The van der Waals surface area contributed by atoms with Crippen LogP contribution in [-0.2, 0) is 4.79 Å². The fourth-order valence-corrected chi connectivity index (χ4v) is 3.60. The van der Waals surface area contributed by atoms with E-state index in [4.69, 9.17) is 17.3 Å². The van der Waals surface area contributed by atoms with Crippen LogP contribution >= 0.6 is 11.6 Å². The van der Waals surface area contributed by atoms with Gasteiger partial charge in [0.25, 0.3) is 0 Å². The molecule has 32 heavy (non-hydrogen) atoms. The summed E-state index contributed by atoms with van der Waals surface area (Å²) < 4.78 is 0. The van der Waals surface area contributed by atoms with Gasteiger partial charge in [-0.15, -0.1) is 0 Å². The number of hydrogen-bond acceptors (Lipinski definition) is 6. The highest BCUT2D eigenvalue weighted by Crippen LogP contribution is 2.36. The number of rotatable bonds is 7. The molecule has 162 valence electrons. The number of nitrogen functional groups attached to an aromatic ring is 1. The molecule has 3 aromatic rings. The molecular weight excluding hydrogens is 426 g/mol. The number of aromatic hydroxyl groups is 1. The second-order valence-electron chi connectivity index (χ2n) is 7.76. The lowest BCUT2D eigenvalue weighted by atomic mass is 9.97. The topological polar surface area (TPSA) is 124 Å². The van der Waals surface area contributed by atoms with Crippen molar-refractivity contribution in [2.45, 2.75) is 12.8 Å². The van der Waals surface area contributed by atoms with Gasteiger partial charge in [0.15, 0.2) is 0 Å². The molecule has 0 spiro atoms. The quantitative estimate of drug-likeness (QED) is 0.431. The highest BCUT2D eigenvalue weighted by atomic mass is 35.5. The van der Waals surface area contributed by atoms with Crippen molar-refractivity contribution in [3.8, 4) is 34.2 Å². The van der Waals surface area contributed by atoms with Crippen LogP contribution in [-0.4, -0.2) is 29.1 Å². The van der Waals surface area contributed by atoms with Gasteiger partial charge in [-0.3, -0.25) is 4.79 Å². The number of nitrogens with one attached hydrogen (secondary N) is 2. The van der Waals surface area contributed by atoms with Gasteiger partial charge in [0.2, 0.25) is 5.91 Å². The molecule has 2 aromatic carbocycles. The average molecular weight is 448 g/mol. The molecule has 0 bridgehead atoms. The number of para-hydroxylation sites is 1. The Hall–Kier alpha value is -3.60. The Morgan fingerprint density at radius 3 is 2.72 bits per heavy atom. The van der Waals surface area contributed by atoms with E-state index in [2.05, 4.69) is 21.7 Å². The highest BCUT2D eigenvalue weighted by Gasteiger charge is 2.21. The summed E-state index contributed by atoms with van der Waals surface area (Å²) in [6, 6.07) is 15.6. The number of halogens is 1. The van der Waals surface area contributed by atoms with Crippen molar-refractivity contribution in [1.82, 2.24) is 10.3 Å². The molecule has 1 aliphatic rings. The van der Waals surface area contributed by atoms with Gasteiger partial charge in [0, 0.05) is 11.1 Å². The summed E-state index contributed by atoms with van der Waals surface area (Å²) in [7, 11) is 0. The van der Waals surface area contributed by atoms with E-state index in [0.717, 1.165) is 6.54 Å². The van der Waals surface area contributed by atoms with Gasteiger partial charge in [-0.05, 0) is 61.2 Å². The van der Waals surface area contributed by atoms with Crippen molar-refractivity contribution in [2.75, 3.05) is 24.1 Å². The van der Waals surface area contributed by atoms with Gasteiger partial charge >= 0.3 is 0 Å². The molecule has 1 aromatic heterocycles. The van der Waals surface area contributed by atoms with E-state index in [0.29, 0.717) is 39.0 Å². The Morgan fingerprint density at radius 1 is 1.22 bits per heavy atom. The number of carbonyl (C=O) groups excluding carboxylic acids is 1. The molecule has 0 atom stereocenters. The number of nitrogens with two attached hydrogens (primary N) is 1. The monoisotopic (exact) mass is 447 g/mol. The van der Waals surface area contributed by atoms with Gasteiger partial charge in [-0.2, -0.15) is 5.26 Å². The number of phenols is 1. The molecule has 7 nitrogen and oxygen atoms in total. The predicted octanol–water partition coefficient (Wildman–Crippen LogP) is 4.17. The zero-order valence-corrected chi connectivity index (χ0v) is 18.0. The van der Waals surface area contributed by atoms with Crippen LogP contribution in [0.5, 0.6) is 5.75 Å². The minimum Gasteiger partial charge on any atom is -0.507 e. The van der Waals surface area contributed by atoms with Crippen LogP contribution in [0.15, 0.2) is 48.5 Å². The first kappa shape index (κ1) is 21.6. The molecule has 0 aliphatic heterocycles. The summed E-state index contributed by atoms with van der Waals surface area (Å²) >= 11 is 6.30. The maximum Gasteiger partial charge on any atom is 0.238 e. The summed E-state index contributed by atoms with van der Waals surface area (Å²) in [5.74, 6) is 0.578. The fraction of sp³-hybridized carbons (Fsp3) is 0.208. The van der Waals surface area contributed by atoms with E-state index in [1.165, 1.54) is 12.8 Å². The number of amides is 1. The first-order chi connectivity index (χ1) is 15.5. The molecule has 8 heteroatoms. The maximum absolute atomic E-state index is 12.3. The molecule has 1 heterocycles. The smallest absolute Gasteiger partial charge is 0.238 e. The fourth-order valence-electron chi connectivity index (χ4n) is 3.43. The van der Waals surface area contributed by atoms with Crippen molar-refractivity contribution in [3.05, 3.63) is 59.1 Å². The zero-order valence-electron chi connectivity index (χ0n) is 17.2. The minimum absolute atomic E-state index is 0.0491. The third kappa shape index (κ3) is 4.83. The number of nitrogens with zero attached hydrogens (tertiary/aromatic N) is 2. The minimum atomic E-state index is -0.200. The van der Waals surface area contributed by atoms with Crippen molar-refractivity contribution < 1.29 is 9.90 Å². The maximum atomic E-state index is 12.3. The summed E-state index contributed by atoms with van der Waals surface area (Å²) in [6.45, 7) is 1.03. The van der Waals surface area contributed by atoms with Gasteiger partial charge in [0.1, 0.15) is 23.2 Å². The lowest BCUT2D eigenvalue weighted by Gasteiger charge is -2.13. The van der Waals surface area contributed by atoms with E-state index in [-0.39, 0.29) is 29.6 Å². The van der Waals surface area contributed by atoms with Gasteiger partial charge < -0.3 is 21.5 Å². The number of benzene rings is 2. The second kappa shape index (κ2) is 9.27. The number of aromatic nitrogens is 1. The number of pyridine rings is 1. The van der Waals surface area contributed by atoms with Crippen molar-refractivity contribution in [2.24, 2.45) is 5.92 Å². The Labute approximate surface area is 190 Å². The Balaban J connectivity index is 1.66. The zero-order chi connectivity index (χ0) is 22.7. The SMILES string of the molecule is N#Cc1c(-c2ccc(Cl)c(NC(=O)CNCC3CC3)c2)cc(-c2ccccc2O)nc1N. The van der Waals surface area contributed by atoms with Crippen LogP contribution in [0.4, 0.5) is 11.5 Å². The van der Waals surface area contributed by atoms with E-state index >= 15 is 0 Å². The molecule has 1 aliphatic carbocycles. The van der Waals surface area contributed by atoms with Crippen LogP contribution < -0.4 is 16.4 Å². The van der Waals surface area contributed by atoms with Crippen molar-refractivity contribution in [1.29, 1.82) is 5.26 Å².